The van der Waals surface area contributed by atoms with Crippen molar-refractivity contribution in [1.82, 2.24) is 10.6 Å². The number of carbonyl (C=O) groups is 2. The third-order valence-corrected chi connectivity index (χ3v) is 4.07. The van der Waals surface area contributed by atoms with Crippen LogP contribution in [0, 0.1) is 0 Å². The van der Waals surface area contributed by atoms with Crippen molar-refractivity contribution >= 4 is 34.8 Å². The van der Waals surface area contributed by atoms with Crippen molar-refractivity contribution in [1.29, 1.82) is 0 Å². The van der Waals surface area contributed by atoms with E-state index in [0.717, 1.165) is 6.42 Å². The molecule has 0 saturated carbocycles. The Bertz CT molecular complexity index is 821. The van der Waals surface area contributed by atoms with Crippen LogP contribution in [0.25, 0.3) is 0 Å². The molecule has 0 bridgehead atoms. The number of ether oxygens (including phenoxy) is 1. The van der Waals surface area contributed by atoms with Crippen LogP contribution in [0.4, 0.5) is 5.69 Å². The minimum absolute atomic E-state index is 0.118. The molecule has 3 N–H and O–H groups in total. The van der Waals surface area contributed by atoms with Gasteiger partial charge in [-0.25, -0.2) is 0 Å². The fourth-order valence-electron chi connectivity index (χ4n) is 2.22. The van der Waals surface area contributed by atoms with E-state index in [-0.39, 0.29) is 23.0 Å². The number of thiocarbonyl (C=S) groups is 1. The molecule has 2 amide bonds. The van der Waals surface area contributed by atoms with Crippen molar-refractivity contribution in [3.8, 4) is 5.75 Å². The molecule has 27 heavy (non-hydrogen) atoms. The zero-order valence-electron chi connectivity index (χ0n) is 15.5. The fourth-order valence-corrected chi connectivity index (χ4v) is 2.43. The van der Waals surface area contributed by atoms with Gasteiger partial charge in [-0.2, -0.15) is 0 Å². The lowest BCUT2D eigenvalue weighted by molar-refractivity contribution is 0.0959. The van der Waals surface area contributed by atoms with Crippen LogP contribution in [0.3, 0.4) is 0 Å². The second-order valence-corrected chi connectivity index (χ2v) is 6.34. The van der Waals surface area contributed by atoms with Crippen LogP contribution >= 0.6 is 12.2 Å². The topological polar surface area (TPSA) is 79.5 Å². The number of hydrogen-bond acceptors (Lipinski definition) is 4. The molecule has 7 heteroatoms. The third-order valence-electron chi connectivity index (χ3n) is 3.87. The minimum Gasteiger partial charge on any atom is -0.491 e. The van der Waals surface area contributed by atoms with Crippen LogP contribution in [-0.4, -0.2) is 30.1 Å². The largest absolute Gasteiger partial charge is 0.491 e. The Hall–Kier alpha value is -2.93. The summed E-state index contributed by atoms with van der Waals surface area (Å²) in [5.41, 5.74) is 1.57. The number of anilines is 1. The predicted molar refractivity (Wildman–Crippen MR) is 110 cm³/mol. The van der Waals surface area contributed by atoms with Gasteiger partial charge >= 0.3 is 0 Å². The number of amides is 2. The normalized spacial score (nSPS) is 11.2. The first-order chi connectivity index (χ1) is 12.9. The van der Waals surface area contributed by atoms with E-state index in [1.54, 1.807) is 55.6 Å². The quantitative estimate of drug-likeness (QED) is 0.665. The molecule has 6 nitrogen and oxygen atoms in total. The van der Waals surface area contributed by atoms with Crippen molar-refractivity contribution in [2.75, 3.05) is 12.4 Å². The van der Waals surface area contributed by atoms with Crippen LogP contribution < -0.4 is 20.7 Å². The summed E-state index contributed by atoms with van der Waals surface area (Å²) in [5.74, 6) is 0.186. The summed E-state index contributed by atoms with van der Waals surface area (Å²) in [6.07, 6.45) is 1.02. The molecule has 0 aliphatic heterocycles. The summed E-state index contributed by atoms with van der Waals surface area (Å²) in [7, 11) is 1.56. The summed E-state index contributed by atoms with van der Waals surface area (Å²) in [6.45, 7) is 4.04. The van der Waals surface area contributed by atoms with Crippen LogP contribution in [0.2, 0.25) is 0 Å². The molecule has 0 radical (unpaired) electrons. The van der Waals surface area contributed by atoms with Gasteiger partial charge in [0.2, 0.25) is 0 Å². The molecule has 0 fully saturated rings. The van der Waals surface area contributed by atoms with Gasteiger partial charge in [-0.1, -0.05) is 13.0 Å². The van der Waals surface area contributed by atoms with Crippen LogP contribution in [-0.2, 0) is 0 Å². The van der Waals surface area contributed by atoms with Crippen LogP contribution in [0.1, 0.15) is 41.0 Å². The van der Waals surface area contributed by atoms with Crippen LogP contribution in [0.15, 0.2) is 48.5 Å². The Morgan fingerprint density at radius 3 is 2.41 bits per heavy atom. The minimum atomic E-state index is -0.329. The van der Waals surface area contributed by atoms with E-state index in [0.29, 0.717) is 22.6 Å². The Morgan fingerprint density at radius 1 is 1.07 bits per heavy atom. The maximum Gasteiger partial charge on any atom is 0.257 e. The monoisotopic (exact) mass is 385 g/mol. The molecule has 2 rings (SSSR count). The molecule has 0 saturated heterocycles. The summed E-state index contributed by atoms with van der Waals surface area (Å²) in [5, 5.41) is 8.22. The van der Waals surface area contributed by atoms with Crippen molar-refractivity contribution in [2.45, 2.75) is 26.4 Å². The van der Waals surface area contributed by atoms with Gasteiger partial charge in [-0.3, -0.25) is 14.9 Å². The summed E-state index contributed by atoms with van der Waals surface area (Å²) in [6, 6.07) is 13.7. The van der Waals surface area contributed by atoms with Gasteiger partial charge in [-0.05, 0) is 68.0 Å². The summed E-state index contributed by atoms with van der Waals surface area (Å²) in [4.78, 5) is 24.0. The zero-order valence-corrected chi connectivity index (χ0v) is 16.4. The molecule has 0 spiro atoms. The lowest BCUT2D eigenvalue weighted by Gasteiger charge is -2.13. The molecule has 0 heterocycles. The first-order valence-corrected chi connectivity index (χ1v) is 9.05. The maximum atomic E-state index is 12.3. The highest BCUT2D eigenvalue weighted by Gasteiger charge is 2.10. The predicted octanol–water partition coefficient (Wildman–Crippen LogP) is 3.35. The van der Waals surface area contributed by atoms with E-state index < -0.39 is 0 Å². The highest BCUT2D eigenvalue weighted by atomic mass is 32.1. The van der Waals surface area contributed by atoms with E-state index in [4.69, 9.17) is 17.0 Å². The number of nitrogens with one attached hydrogen (secondary N) is 3. The number of carbonyl (C=O) groups excluding carboxylic acids is 2. The van der Waals surface area contributed by atoms with E-state index in [9.17, 15) is 9.59 Å². The summed E-state index contributed by atoms with van der Waals surface area (Å²) >= 11 is 5.18. The maximum absolute atomic E-state index is 12.3. The molecule has 1 atom stereocenters. The van der Waals surface area contributed by atoms with E-state index >= 15 is 0 Å². The highest BCUT2D eigenvalue weighted by Crippen LogP contribution is 2.15. The first-order valence-electron chi connectivity index (χ1n) is 8.64. The molecule has 2 aromatic carbocycles. The molecule has 0 aromatic heterocycles. The van der Waals surface area contributed by atoms with Gasteiger partial charge in [0.1, 0.15) is 5.75 Å². The van der Waals surface area contributed by atoms with Gasteiger partial charge in [-0.15, -0.1) is 0 Å². The number of rotatable bonds is 6. The Labute approximate surface area is 164 Å². The Morgan fingerprint density at radius 2 is 1.78 bits per heavy atom. The number of hydrogen-bond donors (Lipinski definition) is 3. The van der Waals surface area contributed by atoms with E-state index in [1.807, 2.05) is 13.8 Å². The van der Waals surface area contributed by atoms with Gasteiger partial charge < -0.3 is 15.4 Å². The Balaban J connectivity index is 1.95. The molecule has 1 unspecified atom stereocenters. The van der Waals surface area contributed by atoms with Gasteiger partial charge in [0.15, 0.2) is 5.11 Å². The van der Waals surface area contributed by atoms with Crippen molar-refractivity contribution < 1.29 is 14.3 Å². The van der Waals surface area contributed by atoms with Gasteiger partial charge in [0, 0.05) is 23.9 Å². The van der Waals surface area contributed by atoms with Crippen molar-refractivity contribution in [2.24, 2.45) is 0 Å². The van der Waals surface area contributed by atoms with Crippen molar-refractivity contribution in [3.05, 3.63) is 59.7 Å². The number of benzene rings is 2. The van der Waals surface area contributed by atoms with E-state index in [2.05, 4.69) is 16.0 Å². The molecule has 0 aliphatic carbocycles. The van der Waals surface area contributed by atoms with Crippen molar-refractivity contribution in [3.63, 3.8) is 0 Å². The standard InChI is InChI=1S/C20H23N3O3S/c1-4-13(2)26-17-10-8-14(9-11-17)19(25)23-20(27)22-16-7-5-6-15(12-16)18(24)21-3/h5-13H,4H2,1-3H3,(H,21,24)(H2,22,23,25,27). The fraction of sp³-hybridized carbons (Fsp3) is 0.250. The second kappa shape index (κ2) is 9.68. The lowest BCUT2D eigenvalue weighted by atomic mass is 10.2. The van der Waals surface area contributed by atoms with Gasteiger partial charge in [0.05, 0.1) is 6.10 Å². The first kappa shape index (κ1) is 20.4. The van der Waals surface area contributed by atoms with Gasteiger partial charge in [0.25, 0.3) is 11.8 Å². The second-order valence-electron chi connectivity index (χ2n) is 5.93. The average molecular weight is 385 g/mol. The molecular formula is C20H23N3O3S. The molecular weight excluding hydrogens is 362 g/mol. The molecule has 0 aliphatic rings. The Kier molecular flexibility index (Phi) is 7.31. The van der Waals surface area contributed by atoms with Crippen LogP contribution in [0.5, 0.6) is 5.75 Å². The average Bonchev–Trinajstić information content (AvgIpc) is 2.67. The smallest absolute Gasteiger partial charge is 0.257 e. The molecule has 2 aromatic rings. The summed E-state index contributed by atoms with van der Waals surface area (Å²) < 4.78 is 5.70. The zero-order chi connectivity index (χ0) is 19.8. The molecule has 142 valence electrons. The third kappa shape index (κ3) is 6.07. The highest BCUT2D eigenvalue weighted by molar-refractivity contribution is 7.80. The van der Waals surface area contributed by atoms with E-state index in [1.165, 1.54) is 0 Å². The SMILES string of the molecule is CCC(C)Oc1ccc(C(=O)NC(=S)Nc2cccc(C(=O)NC)c2)cc1. The lowest BCUT2D eigenvalue weighted by Crippen LogP contribution is -2.34.